The maximum absolute atomic E-state index is 8.87. The predicted molar refractivity (Wildman–Crippen MR) is 43.9 cm³/mol. The minimum atomic E-state index is 0.162. The molecule has 0 heterocycles. The third-order valence-corrected chi connectivity index (χ3v) is 3.24. The zero-order valence-electron chi connectivity index (χ0n) is 6.97. The van der Waals surface area contributed by atoms with E-state index >= 15 is 0 Å². The topological polar surface area (TPSA) is 23.8 Å². The van der Waals surface area contributed by atoms with Crippen molar-refractivity contribution < 1.29 is 0 Å². The molecule has 2 aliphatic carbocycles. The van der Waals surface area contributed by atoms with Crippen LogP contribution in [-0.4, -0.2) is 0 Å². The fourth-order valence-electron chi connectivity index (χ4n) is 2.28. The Morgan fingerprint density at radius 1 is 1.27 bits per heavy atom. The molecule has 2 fully saturated rings. The Morgan fingerprint density at radius 3 is 2.36 bits per heavy atom. The molecule has 0 unspecified atom stereocenters. The van der Waals surface area contributed by atoms with Crippen molar-refractivity contribution in [3.63, 3.8) is 0 Å². The van der Waals surface area contributed by atoms with Gasteiger partial charge in [-0.25, -0.2) is 0 Å². The molecule has 2 saturated carbocycles. The van der Waals surface area contributed by atoms with Crippen LogP contribution >= 0.6 is 0 Å². The van der Waals surface area contributed by atoms with Crippen molar-refractivity contribution in [3.8, 4) is 6.07 Å². The highest BCUT2D eigenvalue weighted by Gasteiger charge is 2.44. The Morgan fingerprint density at radius 2 is 1.91 bits per heavy atom. The molecule has 11 heavy (non-hydrogen) atoms. The summed E-state index contributed by atoms with van der Waals surface area (Å²) < 4.78 is 0. The van der Waals surface area contributed by atoms with Gasteiger partial charge in [0.15, 0.2) is 0 Å². The van der Waals surface area contributed by atoms with Crippen LogP contribution in [0, 0.1) is 22.7 Å². The van der Waals surface area contributed by atoms with Gasteiger partial charge in [-0.15, -0.1) is 0 Å². The summed E-state index contributed by atoms with van der Waals surface area (Å²) in [6.07, 6.45) is 9.18. The van der Waals surface area contributed by atoms with Gasteiger partial charge in [0.1, 0.15) is 0 Å². The van der Waals surface area contributed by atoms with E-state index in [1.807, 2.05) is 0 Å². The number of hydrogen-bond donors (Lipinski definition) is 0. The molecule has 60 valence electrons. The molecule has 2 rings (SSSR count). The first-order valence-corrected chi connectivity index (χ1v) is 4.76. The van der Waals surface area contributed by atoms with Crippen molar-refractivity contribution in [2.45, 2.75) is 44.9 Å². The minimum absolute atomic E-state index is 0.162. The molecule has 0 N–H and O–H groups in total. The van der Waals surface area contributed by atoms with Crippen LogP contribution in [0.5, 0.6) is 0 Å². The van der Waals surface area contributed by atoms with Crippen LogP contribution in [0.2, 0.25) is 0 Å². The summed E-state index contributed by atoms with van der Waals surface area (Å²) in [7, 11) is 0. The van der Waals surface area contributed by atoms with Crippen LogP contribution in [0.25, 0.3) is 0 Å². The summed E-state index contributed by atoms with van der Waals surface area (Å²) in [6.45, 7) is 0. The van der Waals surface area contributed by atoms with Gasteiger partial charge in [-0.3, -0.25) is 0 Å². The van der Waals surface area contributed by atoms with Crippen molar-refractivity contribution in [3.05, 3.63) is 0 Å². The summed E-state index contributed by atoms with van der Waals surface area (Å²) in [5.41, 5.74) is 0.162. The second-order valence-electron chi connectivity index (χ2n) is 4.25. The third kappa shape index (κ3) is 1.40. The molecule has 0 saturated heterocycles. The Labute approximate surface area is 68.4 Å². The first kappa shape index (κ1) is 7.16. The zero-order valence-corrected chi connectivity index (χ0v) is 6.97. The lowest BCUT2D eigenvalue weighted by atomic mass is 9.92. The number of nitriles is 1. The first-order valence-electron chi connectivity index (χ1n) is 4.76. The fraction of sp³-hybridized carbons (Fsp3) is 0.900. The monoisotopic (exact) mass is 149 g/mol. The highest BCUT2D eigenvalue weighted by atomic mass is 14.5. The average Bonchev–Trinajstić information content (AvgIpc) is 2.59. The smallest absolute Gasteiger partial charge is 0.0689 e. The SMILES string of the molecule is N#CC1(CC2CCCC2)CC1. The molecule has 0 aromatic heterocycles. The molecule has 0 spiro atoms. The molecular weight excluding hydrogens is 134 g/mol. The van der Waals surface area contributed by atoms with Crippen LogP contribution in [0.4, 0.5) is 0 Å². The predicted octanol–water partition coefficient (Wildman–Crippen LogP) is 2.87. The maximum atomic E-state index is 8.87. The molecule has 1 nitrogen and oxygen atoms in total. The molecule has 0 bridgehead atoms. The number of rotatable bonds is 2. The molecule has 1 heteroatoms. The zero-order chi connectivity index (χ0) is 7.73. The van der Waals surface area contributed by atoms with Crippen molar-refractivity contribution in [1.82, 2.24) is 0 Å². The van der Waals surface area contributed by atoms with E-state index in [1.165, 1.54) is 44.9 Å². The van der Waals surface area contributed by atoms with Crippen molar-refractivity contribution in [2.75, 3.05) is 0 Å². The molecule has 0 aromatic rings. The molecular formula is C10H15N. The fourth-order valence-corrected chi connectivity index (χ4v) is 2.28. The largest absolute Gasteiger partial charge is 0.198 e. The van der Waals surface area contributed by atoms with Crippen LogP contribution in [0.15, 0.2) is 0 Å². The van der Waals surface area contributed by atoms with Gasteiger partial charge in [0.2, 0.25) is 0 Å². The lowest BCUT2D eigenvalue weighted by molar-refractivity contribution is 0.419. The summed E-state index contributed by atoms with van der Waals surface area (Å²) in [5, 5.41) is 8.87. The van der Waals surface area contributed by atoms with Crippen molar-refractivity contribution in [2.24, 2.45) is 11.3 Å². The van der Waals surface area contributed by atoms with Crippen LogP contribution < -0.4 is 0 Å². The molecule has 2 aliphatic rings. The standard InChI is InChI=1S/C10H15N/c11-8-10(5-6-10)7-9-3-1-2-4-9/h9H,1-7H2. The summed E-state index contributed by atoms with van der Waals surface area (Å²) >= 11 is 0. The van der Waals surface area contributed by atoms with Crippen LogP contribution in [0.3, 0.4) is 0 Å². The van der Waals surface area contributed by atoms with Crippen molar-refractivity contribution in [1.29, 1.82) is 5.26 Å². The summed E-state index contributed by atoms with van der Waals surface area (Å²) in [5.74, 6) is 0.900. The second-order valence-corrected chi connectivity index (χ2v) is 4.25. The normalized spacial score (nSPS) is 28.3. The molecule has 0 aromatic carbocycles. The van der Waals surface area contributed by atoms with Gasteiger partial charge in [0, 0.05) is 0 Å². The summed E-state index contributed by atoms with van der Waals surface area (Å²) in [6, 6.07) is 2.48. The van der Waals surface area contributed by atoms with Gasteiger partial charge in [-0.2, -0.15) is 5.26 Å². The third-order valence-electron chi connectivity index (χ3n) is 3.24. The van der Waals surface area contributed by atoms with E-state index in [0.29, 0.717) is 0 Å². The second kappa shape index (κ2) is 2.52. The molecule has 0 atom stereocenters. The molecule has 0 amide bonds. The van der Waals surface area contributed by atoms with Gasteiger partial charge in [0.25, 0.3) is 0 Å². The Bertz CT molecular complexity index is 180. The highest BCUT2D eigenvalue weighted by molar-refractivity contribution is 5.10. The quantitative estimate of drug-likeness (QED) is 0.592. The maximum Gasteiger partial charge on any atom is 0.0689 e. The van der Waals surface area contributed by atoms with Gasteiger partial charge in [-0.05, 0) is 25.2 Å². The Hall–Kier alpha value is -0.510. The van der Waals surface area contributed by atoms with Gasteiger partial charge < -0.3 is 0 Å². The van der Waals surface area contributed by atoms with Gasteiger partial charge >= 0.3 is 0 Å². The van der Waals surface area contributed by atoms with E-state index in [-0.39, 0.29) is 5.41 Å². The van der Waals surface area contributed by atoms with Crippen molar-refractivity contribution >= 4 is 0 Å². The Balaban J connectivity index is 1.85. The van der Waals surface area contributed by atoms with Gasteiger partial charge in [0.05, 0.1) is 11.5 Å². The van der Waals surface area contributed by atoms with Crippen LogP contribution in [-0.2, 0) is 0 Å². The van der Waals surface area contributed by atoms with E-state index in [9.17, 15) is 0 Å². The average molecular weight is 149 g/mol. The minimum Gasteiger partial charge on any atom is -0.198 e. The lowest BCUT2D eigenvalue weighted by Gasteiger charge is -2.11. The van der Waals surface area contributed by atoms with E-state index in [1.54, 1.807) is 0 Å². The van der Waals surface area contributed by atoms with Crippen LogP contribution in [0.1, 0.15) is 44.9 Å². The highest BCUT2D eigenvalue weighted by Crippen LogP contribution is 2.52. The van der Waals surface area contributed by atoms with E-state index in [0.717, 1.165) is 5.92 Å². The van der Waals surface area contributed by atoms with Gasteiger partial charge in [-0.1, -0.05) is 25.7 Å². The first-order chi connectivity index (χ1) is 5.35. The lowest BCUT2D eigenvalue weighted by Crippen LogP contribution is -2.04. The Kier molecular flexibility index (Phi) is 1.64. The molecule has 0 radical (unpaired) electrons. The summed E-state index contributed by atoms with van der Waals surface area (Å²) in [4.78, 5) is 0. The van der Waals surface area contributed by atoms with E-state index < -0.39 is 0 Å². The van der Waals surface area contributed by atoms with E-state index in [4.69, 9.17) is 5.26 Å². The number of hydrogen-bond acceptors (Lipinski definition) is 1. The molecule has 0 aliphatic heterocycles. The van der Waals surface area contributed by atoms with E-state index in [2.05, 4.69) is 6.07 Å². The number of nitrogens with zero attached hydrogens (tertiary/aromatic N) is 1.